The van der Waals surface area contributed by atoms with Gasteiger partial charge in [0.15, 0.2) is 0 Å². The van der Waals surface area contributed by atoms with E-state index in [1.165, 1.54) is 18.9 Å². The minimum absolute atomic E-state index is 0. The Morgan fingerprint density at radius 3 is 1.00 bits per heavy atom. The minimum Gasteiger partial charge on any atom is -0.541 e. The monoisotopic (exact) mass is 509 g/mol. The molecule has 0 aromatic carbocycles. The van der Waals surface area contributed by atoms with Crippen LogP contribution in [0.4, 0.5) is 0 Å². The Balaban J connectivity index is -0.000000107. The summed E-state index contributed by atoms with van der Waals surface area (Å²) in [6.07, 6.45) is 4.78. The summed E-state index contributed by atoms with van der Waals surface area (Å²) in [4.78, 5) is 60.0. The molecule has 1 N–H and O–H groups in total. The van der Waals surface area contributed by atoms with Crippen molar-refractivity contribution in [3.63, 3.8) is 0 Å². The van der Waals surface area contributed by atoms with Crippen molar-refractivity contribution in [2.24, 2.45) is 0 Å². The SMILES string of the molecule is CCC(C)O.CCOCC(=O)C[C-]=O.CCOCC(=O)C[C-]=O.CCOCC(=O)C[C-]=O.[Ti+3]. The first kappa shape index (κ1) is 41.8. The molecule has 0 aromatic heterocycles. The fourth-order valence-electron chi connectivity index (χ4n) is 1.04. The topological polar surface area (TPSA) is 150 Å². The summed E-state index contributed by atoms with van der Waals surface area (Å²) >= 11 is 0. The van der Waals surface area contributed by atoms with Crippen LogP contribution in [0.5, 0.6) is 0 Å². The zero-order valence-electron chi connectivity index (χ0n) is 20.3. The molecule has 0 aromatic rings. The van der Waals surface area contributed by atoms with Gasteiger partial charge in [0.05, 0.1) is 6.10 Å². The number of rotatable bonds is 16. The average Bonchev–Trinajstić information content (AvgIpc) is 2.76. The standard InChI is InChI=1S/3C6H9O3.C4H10O.Ti/c3*1-2-9-5-6(8)3-4-7;1-3-4(2)5;/h3*2-3,5H2,1H3;4-5H,3H2,1-2H3;/q3*-1;;+3. The average molecular weight is 509 g/mol. The van der Waals surface area contributed by atoms with E-state index < -0.39 is 0 Å². The fourth-order valence-corrected chi connectivity index (χ4v) is 1.04. The number of carbonyl (C=O) groups excluding carboxylic acids is 6. The summed E-state index contributed by atoms with van der Waals surface area (Å²) in [5, 5.41) is 8.36. The van der Waals surface area contributed by atoms with Crippen molar-refractivity contribution in [2.45, 2.75) is 66.4 Å². The van der Waals surface area contributed by atoms with Gasteiger partial charge in [0.25, 0.3) is 0 Å². The van der Waals surface area contributed by atoms with Gasteiger partial charge in [-0.1, -0.05) is 26.2 Å². The van der Waals surface area contributed by atoms with Crippen molar-refractivity contribution in [3.8, 4) is 0 Å². The van der Waals surface area contributed by atoms with Crippen LogP contribution < -0.4 is 0 Å². The van der Waals surface area contributed by atoms with Gasteiger partial charge in [-0.25, -0.2) is 0 Å². The molecule has 0 aliphatic carbocycles. The summed E-state index contributed by atoms with van der Waals surface area (Å²) in [5.74, 6) is -0.648. The van der Waals surface area contributed by atoms with Gasteiger partial charge < -0.3 is 33.7 Å². The molecule has 0 heterocycles. The Morgan fingerprint density at radius 1 is 0.667 bits per heavy atom. The van der Waals surface area contributed by atoms with Crippen molar-refractivity contribution >= 4 is 36.2 Å². The number of ether oxygens (including phenoxy) is 3. The number of aliphatic hydroxyl groups excluding tert-OH is 1. The number of aliphatic hydroxyl groups is 1. The van der Waals surface area contributed by atoms with Gasteiger partial charge in [-0.15, -0.1) is 0 Å². The second kappa shape index (κ2) is 37.9. The Hall–Kier alpha value is -1.43. The van der Waals surface area contributed by atoms with Crippen LogP contribution in [-0.4, -0.2) is 87.1 Å². The summed E-state index contributed by atoms with van der Waals surface area (Å²) in [6, 6.07) is 0. The molecule has 1 radical (unpaired) electrons. The van der Waals surface area contributed by atoms with E-state index in [-0.39, 0.29) is 84.3 Å². The molecule has 33 heavy (non-hydrogen) atoms. The smallest absolute Gasteiger partial charge is 0.541 e. The predicted molar refractivity (Wildman–Crippen MR) is 117 cm³/mol. The zero-order valence-corrected chi connectivity index (χ0v) is 21.8. The van der Waals surface area contributed by atoms with E-state index in [2.05, 4.69) is 0 Å². The summed E-state index contributed by atoms with van der Waals surface area (Å²) in [5.41, 5.74) is 0. The summed E-state index contributed by atoms with van der Waals surface area (Å²) in [7, 11) is 0. The molecule has 1 atom stereocenters. The fraction of sp³-hybridized carbons (Fsp3) is 0.727. The first-order valence-electron chi connectivity index (χ1n) is 10.2. The molecule has 10 nitrogen and oxygen atoms in total. The van der Waals surface area contributed by atoms with E-state index in [1.54, 1.807) is 27.7 Å². The number of Topliss-reactive ketones (excluding diaryl/α,β-unsaturated/α-hetero) is 3. The van der Waals surface area contributed by atoms with Gasteiger partial charge in [-0.2, -0.15) is 0 Å². The van der Waals surface area contributed by atoms with Crippen LogP contribution in [0.3, 0.4) is 0 Å². The van der Waals surface area contributed by atoms with Crippen molar-refractivity contribution in [1.29, 1.82) is 0 Å². The minimum atomic E-state index is -0.216. The summed E-state index contributed by atoms with van der Waals surface area (Å²) in [6.45, 7) is 10.7. The van der Waals surface area contributed by atoms with Gasteiger partial charge in [0, 0.05) is 19.8 Å². The van der Waals surface area contributed by atoms with Crippen LogP contribution in [0.1, 0.15) is 60.3 Å². The van der Waals surface area contributed by atoms with Crippen LogP contribution in [0.2, 0.25) is 0 Å². The van der Waals surface area contributed by atoms with Gasteiger partial charge in [0.1, 0.15) is 37.2 Å². The zero-order chi connectivity index (χ0) is 25.6. The molecule has 0 amide bonds. The second-order valence-electron chi connectivity index (χ2n) is 5.75. The number of carbonyl (C=O) groups is 3. The Morgan fingerprint density at radius 2 is 0.879 bits per heavy atom. The van der Waals surface area contributed by atoms with Crippen LogP contribution >= 0.6 is 0 Å². The molecule has 189 valence electrons. The van der Waals surface area contributed by atoms with E-state index in [1.807, 2.05) is 6.92 Å². The normalized spacial score (nSPS) is 9.64. The Kier molecular flexibility index (Phi) is 48.0. The molecule has 1 unspecified atom stereocenters. The molecule has 0 saturated heterocycles. The van der Waals surface area contributed by atoms with Gasteiger partial charge in [0.2, 0.25) is 0 Å². The van der Waals surface area contributed by atoms with Gasteiger partial charge >= 0.3 is 21.7 Å². The number of hydrogen-bond acceptors (Lipinski definition) is 10. The first-order chi connectivity index (χ1) is 15.2. The van der Waals surface area contributed by atoms with E-state index in [9.17, 15) is 28.8 Å². The Labute approximate surface area is 212 Å². The largest absolute Gasteiger partial charge is 3.00 e. The predicted octanol–water partition coefficient (Wildman–Crippen LogP) is 1.05. The van der Waals surface area contributed by atoms with Gasteiger partial charge in [-0.3, -0.25) is 33.2 Å². The first-order valence-corrected chi connectivity index (χ1v) is 10.2. The van der Waals surface area contributed by atoms with E-state index in [4.69, 9.17) is 19.3 Å². The summed E-state index contributed by atoms with van der Waals surface area (Å²) < 4.78 is 14.2. The van der Waals surface area contributed by atoms with Crippen molar-refractivity contribution in [3.05, 3.63) is 0 Å². The van der Waals surface area contributed by atoms with Crippen LogP contribution in [-0.2, 0) is 64.7 Å². The maximum atomic E-state index is 10.4. The third kappa shape index (κ3) is 53.6. The molecular weight excluding hydrogens is 472 g/mol. The molecule has 11 heteroatoms. The number of hydrogen-bond donors (Lipinski definition) is 1. The quantitative estimate of drug-likeness (QED) is 0.182. The maximum Gasteiger partial charge on any atom is 3.00 e. The van der Waals surface area contributed by atoms with Crippen LogP contribution in [0.15, 0.2) is 0 Å². The maximum absolute atomic E-state index is 10.4. The van der Waals surface area contributed by atoms with Crippen molar-refractivity contribution in [1.82, 2.24) is 0 Å². The number of ketones is 3. The molecular formula is C22H37O10Ti. The van der Waals surface area contributed by atoms with Gasteiger partial charge in [-0.05, 0) is 34.1 Å². The van der Waals surface area contributed by atoms with Crippen molar-refractivity contribution in [2.75, 3.05) is 39.6 Å². The molecule has 0 aliphatic heterocycles. The third-order valence-corrected chi connectivity index (χ3v) is 2.80. The Bertz CT molecular complexity index is 420. The molecule has 0 aliphatic rings. The van der Waals surface area contributed by atoms with E-state index >= 15 is 0 Å². The molecule has 0 spiro atoms. The molecule has 0 fully saturated rings. The van der Waals surface area contributed by atoms with Crippen LogP contribution in [0, 0.1) is 0 Å². The second-order valence-corrected chi connectivity index (χ2v) is 5.75. The van der Waals surface area contributed by atoms with Crippen LogP contribution in [0.25, 0.3) is 0 Å². The van der Waals surface area contributed by atoms with E-state index in [0.717, 1.165) is 6.42 Å². The van der Waals surface area contributed by atoms with E-state index in [0.29, 0.717) is 19.8 Å². The third-order valence-electron chi connectivity index (χ3n) is 2.80. The molecule has 0 saturated carbocycles. The van der Waals surface area contributed by atoms with Crippen molar-refractivity contribution < 1.29 is 69.8 Å². The molecule has 0 bridgehead atoms. The molecule has 0 rings (SSSR count).